The molecule has 0 aromatic heterocycles. The summed E-state index contributed by atoms with van der Waals surface area (Å²) >= 11 is 1.21. The highest BCUT2D eigenvalue weighted by Crippen LogP contribution is 2.30. The molecule has 1 atom stereocenters. The van der Waals surface area contributed by atoms with E-state index in [0.717, 1.165) is 4.90 Å². The molecule has 1 aromatic rings. The van der Waals surface area contributed by atoms with Gasteiger partial charge < -0.3 is 10.4 Å². The highest BCUT2D eigenvalue weighted by molar-refractivity contribution is 8.00. The Morgan fingerprint density at radius 1 is 1.38 bits per heavy atom. The average molecular weight is 239 g/mol. The van der Waals surface area contributed by atoms with Gasteiger partial charge in [0.2, 0.25) is 5.91 Å². The quantitative estimate of drug-likeness (QED) is 0.790. The van der Waals surface area contributed by atoms with Gasteiger partial charge in [-0.15, -0.1) is 11.8 Å². The summed E-state index contributed by atoms with van der Waals surface area (Å²) in [7, 11) is 0. The van der Waals surface area contributed by atoms with Crippen molar-refractivity contribution in [2.75, 3.05) is 5.32 Å². The number of thioether (sulfide) groups is 1. The Labute approximate surface area is 98.0 Å². The Morgan fingerprint density at radius 2 is 2.00 bits per heavy atom. The molecule has 0 aliphatic heterocycles. The van der Waals surface area contributed by atoms with Crippen molar-refractivity contribution in [2.24, 2.45) is 0 Å². The molecule has 16 heavy (non-hydrogen) atoms. The lowest BCUT2D eigenvalue weighted by atomic mass is 10.3. The monoisotopic (exact) mass is 239 g/mol. The highest BCUT2D eigenvalue weighted by atomic mass is 32.2. The number of hydrogen-bond donors (Lipinski definition) is 2. The number of aliphatic carboxylic acids is 1. The molecule has 0 heterocycles. The fourth-order valence-electron chi connectivity index (χ4n) is 1.10. The van der Waals surface area contributed by atoms with Crippen LogP contribution in [0.1, 0.15) is 13.8 Å². The number of amides is 1. The minimum Gasteiger partial charge on any atom is -0.480 e. The van der Waals surface area contributed by atoms with Crippen LogP contribution in [0.3, 0.4) is 0 Å². The van der Waals surface area contributed by atoms with E-state index in [0.29, 0.717) is 5.69 Å². The van der Waals surface area contributed by atoms with E-state index in [1.807, 2.05) is 6.07 Å². The lowest BCUT2D eigenvalue weighted by Crippen LogP contribution is -2.12. The number of anilines is 1. The lowest BCUT2D eigenvalue weighted by molar-refractivity contribution is -0.136. The van der Waals surface area contributed by atoms with Crippen molar-refractivity contribution in [2.45, 2.75) is 24.0 Å². The number of carbonyl (C=O) groups is 2. The Hall–Kier alpha value is -1.49. The standard InChI is InChI=1S/C11H13NO3S/c1-7(11(14)15)16-10-6-4-3-5-9(10)12-8(2)13/h3-7H,1-2H3,(H,12,13)(H,14,15)/t7-/m1/s1. The summed E-state index contributed by atoms with van der Waals surface area (Å²) in [5, 5.41) is 10.9. The van der Waals surface area contributed by atoms with Gasteiger partial charge in [-0.25, -0.2) is 0 Å². The molecule has 2 N–H and O–H groups in total. The Bertz CT molecular complexity index is 406. The third-order valence-electron chi connectivity index (χ3n) is 1.85. The van der Waals surface area contributed by atoms with Crippen LogP contribution in [0.25, 0.3) is 0 Å². The van der Waals surface area contributed by atoms with Crippen molar-refractivity contribution in [3.05, 3.63) is 24.3 Å². The minimum absolute atomic E-state index is 0.170. The molecule has 0 spiro atoms. The molecule has 1 rings (SSSR count). The van der Waals surface area contributed by atoms with E-state index >= 15 is 0 Å². The van der Waals surface area contributed by atoms with E-state index in [1.165, 1.54) is 18.7 Å². The first-order chi connectivity index (χ1) is 7.50. The summed E-state index contributed by atoms with van der Waals surface area (Å²) in [4.78, 5) is 22.4. The van der Waals surface area contributed by atoms with Gasteiger partial charge in [-0.1, -0.05) is 12.1 Å². The number of para-hydroxylation sites is 1. The van der Waals surface area contributed by atoms with Gasteiger partial charge in [0.15, 0.2) is 0 Å². The maximum absolute atomic E-state index is 10.9. The number of benzene rings is 1. The molecule has 0 fully saturated rings. The van der Waals surface area contributed by atoms with Crippen molar-refractivity contribution in [1.29, 1.82) is 0 Å². The normalized spacial score (nSPS) is 11.9. The van der Waals surface area contributed by atoms with Gasteiger partial charge in [0.1, 0.15) is 5.25 Å². The second kappa shape index (κ2) is 5.55. The van der Waals surface area contributed by atoms with Crippen LogP contribution < -0.4 is 5.32 Å². The molecule has 4 nitrogen and oxygen atoms in total. The predicted molar refractivity (Wildman–Crippen MR) is 63.7 cm³/mol. The van der Waals surface area contributed by atoms with Crippen LogP contribution in [0.4, 0.5) is 5.69 Å². The molecule has 5 heteroatoms. The summed E-state index contributed by atoms with van der Waals surface area (Å²) < 4.78 is 0. The smallest absolute Gasteiger partial charge is 0.316 e. The first-order valence-corrected chi connectivity index (χ1v) is 5.64. The van der Waals surface area contributed by atoms with Crippen molar-refractivity contribution < 1.29 is 14.7 Å². The topological polar surface area (TPSA) is 66.4 Å². The van der Waals surface area contributed by atoms with Crippen molar-refractivity contribution >= 4 is 29.3 Å². The largest absolute Gasteiger partial charge is 0.480 e. The maximum Gasteiger partial charge on any atom is 0.316 e. The Balaban J connectivity index is 2.86. The first kappa shape index (κ1) is 12.6. The SMILES string of the molecule is CC(=O)Nc1ccccc1S[C@H](C)C(=O)O. The van der Waals surface area contributed by atoms with Crippen LogP contribution >= 0.6 is 11.8 Å². The summed E-state index contributed by atoms with van der Waals surface area (Å²) in [5.74, 6) is -1.04. The van der Waals surface area contributed by atoms with Gasteiger partial charge in [-0.2, -0.15) is 0 Å². The van der Waals surface area contributed by atoms with E-state index in [1.54, 1.807) is 25.1 Å². The van der Waals surface area contributed by atoms with Gasteiger partial charge in [-0.05, 0) is 19.1 Å². The van der Waals surface area contributed by atoms with Gasteiger partial charge in [0.05, 0.1) is 5.69 Å². The molecule has 0 saturated carbocycles. The molecule has 0 radical (unpaired) electrons. The summed E-state index contributed by atoms with van der Waals surface area (Å²) in [5.41, 5.74) is 0.646. The van der Waals surface area contributed by atoms with E-state index in [2.05, 4.69) is 5.32 Å². The first-order valence-electron chi connectivity index (χ1n) is 4.77. The lowest BCUT2D eigenvalue weighted by Gasteiger charge is -2.11. The van der Waals surface area contributed by atoms with Gasteiger partial charge in [-0.3, -0.25) is 9.59 Å². The number of rotatable bonds is 4. The van der Waals surface area contributed by atoms with Crippen LogP contribution in [-0.4, -0.2) is 22.2 Å². The molecule has 86 valence electrons. The predicted octanol–water partition coefficient (Wildman–Crippen LogP) is 2.21. The molecule has 0 aliphatic carbocycles. The Kier molecular flexibility index (Phi) is 4.37. The van der Waals surface area contributed by atoms with E-state index < -0.39 is 11.2 Å². The number of hydrogen-bond acceptors (Lipinski definition) is 3. The second-order valence-electron chi connectivity index (χ2n) is 3.28. The molecule has 0 unspecified atom stereocenters. The third-order valence-corrected chi connectivity index (χ3v) is 3.01. The minimum atomic E-state index is -0.873. The summed E-state index contributed by atoms with van der Waals surface area (Å²) in [6, 6.07) is 7.14. The third kappa shape index (κ3) is 3.58. The van der Waals surface area contributed by atoms with Gasteiger partial charge in [0.25, 0.3) is 0 Å². The second-order valence-corrected chi connectivity index (χ2v) is 4.66. The Morgan fingerprint density at radius 3 is 2.56 bits per heavy atom. The van der Waals surface area contributed by atoms with Gasteiger partial charge in [0, 0.05) is 11.8 Å². The zero-order valence-electron chi connectivity index (χ0n) is 9.06. The molecule has 1 aromatic carbocycles. The van der Waals surface area contributed by atoms with E-state index in [-0.39, 0.29) is 5.91 Å². The van der Waals surface area contributed by atoms with E-state index in [9.17, 15) is 9.59 Å². The molecule has 0 saturated heterocycles. The zero-order chi connectivity index (χ0) is 12.1. The van der Waals surface area contributed by atoms with Crippen LogP contribution in [0.5, 0.6) is 0 Å². The highest BCUT2D eigenvalue weighted by Gasteiger charge is 2.14. The fourth-order valence-corrected chi connectivity index (χ4v) is 1.99. The average Bonchev–Trinajstić information content (AvgIpc) is 2.20. The van der Waals surface area contributed by atoms with Crippen LogP contribution in [0, 0.1) is 0 Å². The molecule has 1 amide bonds. The molecule has 0 aliphatic rings. The number of carbonyl (C=O) groups excluding carboxylic acids is 1. The van der Waals surface area contributed by atoms with Crippen LogP contribution in [-0.2, 0) is 9.59 Å². The van der Waals surface area contributed by atoms with Crippen molar-refractivity contribution in [3.63, 3.8) is 0 Å². The molecule has 0 bridgehead atoms. The number of carboxylic acids is 1. The van der Waals surface area contributed by atoms with Crippen LogP contribution in [0.2, 0.25) is 0 Å². The zero-order valence-corrected chi connectivity index (χ0v) is 9.88. The van der Waals surface area contributed by atoms with Crippen molar-refractivity contribution in [1.82, 2.24) is 0 Å². The van der Waals surface area contributed by atoms with Crippen LogP contribution in [0.15, 0.2) is 29.2 Å². The van der Waals surface area contributed by atoms with Crippen molar-refractivity contribution in [3.8, 4) is 0 Å². The molecular formula is C11H13NO3S. The fraction of sp³-hybridized carbons (Fsp3) is 0.273. The number of nitrogens with one attached hydrogen (secondary N) is 1. The van der Waals surface area contributed by atoms with E-state index in [4.69, 9.17) is 5.11 Å². The summed E-state index contributed by atoms with van der Waals surface area (Å²) in [6.45, 7) is 3.03. The maximum atomic E-state index is 10.9. The molecular weight excluding hydrogens is 226 g/mol. The summed E-state index contributed by atoms with van der Waals surface area (Å²) in [6.07, 6.45) is 0. The number of carboxylic acid groups (broad SMARTS) is 1. The van der Waals surface area contributed by atoms with Gasteiger partial charge >= 0.3 is 5.97 Å².